The van der Waals surface area contributed by atoms with Gasteiger partial charge in [0.1, 0.15) is 0 Å². The number of carbonyl (C=O) groups is 1. The number of nitrogens with one attached hydrogen (secondary N) is 1. The third-order valence-electron chi connectivity index (χ3n) is 3.95. The number of benzene rings is 2. The Morgan fingerprint density at radius 1 is 1.09 bits per heavy atom. The molecule has 4 heteroatoms. The molecule has 0 aliphatic carbocycles. The molecule has 0 fully saturated rings. The molecule has 0 aliphatic rings. The van der Waals surface area contributed by atoms with Gasteiger partial charge in [-0.1, -0.05) is 48.0 Å². The van der Waals surface area contributed by atoms with Crippen LogP contribution in [0.25, 0.3) is 0 Å². The van der Waals surface area contributed by atoms with Crippen LogP contribution in [-0.2, 0) is 6.54 Å². The standard InChI is InChI=1S/C19H23BrN2O/c1-4-22(5-2)13-15-7-9-16(10-8-15)19(23)21-17-11-6-14(3)18(20)12-17/h6-12H,4-5,13H2,1-3H3,(H,21,23). The van der Waals surface area contributed by atoms with Crippen LogP contribution in [0, 0.1) is 6.92 Å². The molecule has 0 saturated heterocycles. The molecule has 3 nitrogen and oxygen atoms in total. The van der Waals surface area contributed by atoms with E-state index in [2.05, 4.69) is 40.0 Å². The fourth-order valence-corrected chi connectivity index (χ4v) is 2.72. The second-order valence-electron chi connectivity index (χ2n) is 5.58. The summed E-state index contributed by atoms with van der Waals surface area (Å²) in [5.74, 6) is -0.0878. The molecular formula is C19H23BrN2O. The van der Waals surface area contributed by atoms with E-state index in [0.717, 1.165) is 35.4 Å². The first-order chi connectivity index (χ1) is 11.0. The lowest BCUT2D eigenvalue weighted by Crippen LogP contribution is -2.22. The van der Waals surface area contributed by atoms with Gasteiger partial charge in [0.15, 0.2) is 0 Å². The van der Waals surface area contributed by atoms with Gasteiger partial charge in [-0.25, -0.2) is 0 Å². The Morgan fingerprint density at radius 2 is 1.74 bits per heavy atom. The summed E-state index contributed by atoms with van der Waals surface area (Å²) in [7, 11) is 0. The van der Waals surface area contributed by atoms with Crippen molar-refractivity contribution in [3.8, 4) is 0 Å². The first kappa shape index (κ1) is 17.7. The van der Waals surface area contributed by atoms with Gasteiger partial charge in [0.05, 0.1) is 0 Å². The highest BCUT2D eigenvalue weighted by atomic mass is 79.9. The maximum absolute atomic E-state index is 12.3. The van der Waals surface area contributed by atoms with Gasteiger partial charge in [0, 0.05) is 22.3 Å². The van der Waals surface area contributed by atoms with E-state index in [9.17, 15) is 4.79 Å². The van der Waals surface area contributed by atoms with Crippen LogP contribution in [0.4, 0.5) is 5.69 Å². The molecule has 0 atom stereocenters. The van der Waals surface area contributed by atoms with Gasteiger partial charge in [-0.3, -0.25) is 9.69 Å². The molecule has 0 saturated carbocycles. The van der Waals surface area contributed by atoms with Crippen LogP contribution in [0.3, 0.4) is 0 Å². The topological polar surface area (TPSA) is 32.3 Å². The molecule has 23 heavy (non-hydrogen) atoms. The number of carbonyl (C=O) groups excluding carboxylic acids is 1. The Hall–Kier alpha value is -1.65. The van der Waals surface area contributed by atoms with Crippen LogP contribution in [-0.4, -0.2) is 23.9 Å². The van der Waals surface area contributed by atoms with Crippen LogP contribution >= 0.6 is 15.9 Å². The summed E-state index contributed by atoms with van der Waals surface area (Å²) in [5.41, 5.74) is 3.83. The van der Waals surface area contributed by atoms with Gasteiger partial charge in [-0.2, -0.15) is 0 Å². The maximum Gasteiger partial charge on any atom is 0.255 e. The first-order valence-electron chi connectivity index (χ1n) is 7.92. The van der Waals surface area contributed by atoms with Gasteiger partial charge >= 0.3 is 0 Å². The molecule has 2 rings (SSSR count). The summed E-state index contributed by atoms with van der Waals surface area (Å²) in [6.45, 7) is 9.31. The molecule has 0 heterocycles. The monoisotopic (exact) mass is 374 g/mol. The third kappa shape index (κ3) is 4.91. The number of hydrogen-bond donors (Lipinski definition) is 1. The zero-order valence-corrected chi connectivity index (χ0v) is 15.5. The number of nitrogens with zero attached hydrogens (tertiary/aromatic N) is 1. The summed E-state index contributed by atoms with van der Waals surface area (Å²) < 4.78 is 0.991. The second kappa shape index (κ2) is 8.27. The lowest BCUT2D eigenvalue weighted by molar-refractivity contribution is 0.102. The van der Waals surface area contributed by atoms with Crippen molar-refractivity contribution in [3.05, 3.63) is 63.6 Å². The molecule has 0 radical (unpaired) electrons. The highest BCUT2D eigenvalue weighted by Crippen LogP contribution is 2.21. The van der Waals surface area contributed by atoms with Crippen molar-refractivity contribution in [2.75, 3.05) is 18.4 Å². The highest BCUT2D eigenvalue weighted by Gasteiger charge is 2.08. The Morgan fingerprint density at radius 3 is 2.30 bits per heavy atom. The molecule has 1 amide bonds. The van der Waals surface area contributed by atoms with E-state index in [4.69, 9.17) is 0 Å². The fraction of sp³-hybridized carbons (Fsp3) is 0.316. The predicted octanol–water partition coefficient (Wildman–Crippen LogP) is 4.85. The number of hydrogen-bond acceptors (Lipinski definition) is 2. The van der Waals surface area contributed by atoms with E-state index in [1.54, 1.807) is 0 Å². The quantitative estimate of drug-likeness (QED) is 0.783. The zero-order chi connectivity index (χ0) is 16.8. The van der Waals surface area contributed by atoms with E-state index in [-0.39, 0.29) is 5.91 Å². The Labute approximate surface area is 146 Å². The van der Waals surface area contributed by atoms with Crippen molar-refractivity contribution in [1.82, 2.24) is 4.90 Å². The van der Waals surface area contributed by atoms with Crippen LogP contribution in [0.5, 0.6) is 0 Å². The molecule has 0 unspecified atom stereocenters. The molecule has 2 aromatic carbocycles. The minimum atomic E-state index is -0.0878. The second-order valence-corrected chi connectivity index (χ2v) is 6.43. The molecule has 1 N–H and O–H groups in total. The number of rotatable bonds is 6. The average Bonchev–Trinajstić information content (AvgIpc) is 2.56. The van der Waals surface area contributed by atoms with Crippen molar-refractivity contribution < 1.29 is 4.79 Å². The van der Waals surface area contributed by atoms with Crippen molar-refractivity contribution in [2.24, 2.45) is 0 Å². The third-order valence-corrected chi connectivity index (χ3v) is 4.80. The fourth-order valence-electron chi connectivity index (χ4n) is 2.34. The highest BCUT2D eigenvalue weighted by molar-refractivity contribution is 9.10. The molecule has 0 bridgehead atoms. The van der Waals surface area contributed by atoms with Crippen LogP contribution in [0.2, 0.25) is 0 Å². The van der Waals surface area contributed by atoms with Gasteiger partial charge in [-0.15, -0.1) is 0 Å². The van der Waals surface area contributed by atoms with Crippen LogP contribution < -0.4 is 5.32 Å². The van der Waals surface area contributed by atoms with E-state index >= 15 is 0 Å². The largest absolute Gasteiger partial charge is 0.322 e. The van der Waals surface area contributed by atoms with Crippen LogP contribution in [0.15, 0.2) is 46.9 Å². The lowest BCUT2D eigenvalue weighted by atomic mass is 10.1. The summed E-state index contributed by atoms with van der Waals surface area (Å²) in [4.78, 5) is 14.7. The molecular weight excluding hydrogens is 352 g/mol. The van der Waals surface area contributed by atoms with Crippen molar-refractivity contribution in [3.63, 3.8) is 0 Å². The van der Waals surface area contributed by atoms with Gasteiger partial charge in [0.2, 0.25) is 0 Å². The van der Waals surface area contributed by atoms with Crippen molar-refractivity contribution in [2.45, 2.75) is 27.3 Å². The summed E-state index contributed by atoms with van der Waals surface area (Å²) in [5, 5.41) is 2.93. The minimum Gasteiger partial charge on any atom is -0.322 e. The SMILES string of the molecule is CCN(CC)Cc1ccc(C(=O)Nc2ccc(C)c(Br)c2)cc1. The van der Waals surface area contributed by atoms with E-state index in [1.807, 2.05) is 49.4 Å². The number of halogens is 1. The van der Waals surface area contributed by atoms with Crippen LogP contribution in [0.1, 0.15) is 35.3 Å². The van der Waals surface area contributed by atoms with E-state index < -0.39 is 0 Å². The van der Waals surface area contributed by atoms with Crippen molar-refractivity contribution >= 4 is 27.5 Å². The molecule has 2 aromatic rings. The smallest absolute Gasteiger partial charge is 0.255 e. The number of aryl methyl sites for hydroxylation is 1. The van der Waals surface area contributed by atoms with Gasteiger partial charge in [-0.05, 0) is 55.4 Å². The lowest BCUT2D eigenvalue weighted by Gasteiger charge is -2.18. The zero-order valence-electron chi connectivity index (χ0n) is 13.9. The Bertz CT molecular complexity index is 664. The number of anilines is 1. The van der Waals surface area contributed by atoms with Gasteiger partial charge < -0.3 is 5.32 Å². The average molecular weight is 375 g/mol. The maximum atomic E-state index is 12.3. The number of amides is 1. The summed E-state index contributed by atoms with van der Waals surface area (Å²) in [6.07, 6.45) is 0. The molecule has 0 spiro atoms. The van der Waals surface area contributed by atoms with Crippen molar-refractivity contribution in [1.29, 1.82) is 0 Å². The summed E-state index contributed by atoms with van der Waals surface area (Å²) >= 11 is 3.48. The Balaban J connectivity index is 2.03. The predicted molar refractivity (Wildman–Crippen MR) is 99.9 cm³/mol. The normalized spacial score (nSPS) is 10.8. The van der Waals surface area contributed by atoms with E-state index in [0.29, 0.717) is 5.56 Å². The first-order valence-corrected chi connectivity index (χ1v) is 8.71. The molecule has 0 aromatic heterocycles. The van der Waals surface area contributed by atoms with Gasteiger partial charge in [0.25, 0.3) is 5.91 Å². The molecule has 122 valence electrons. The summed E-state index contributed by atoms with van der Waals surface area (Å²) in [6, 6.07) is 13.6. The minimum absolute atomic E-state index is 0.0878. The van der Waals surface area contributed by atoms with E-state index in [1.165, 1.54) is 5.56 Å². The molecule has 0 aliphatic heterocycles. The Kier molecular flexibility index (Phi) is 6.37.